The summed E-state index contributed by atoms with van der Waals surface area (Å²) < 4.78 is 5.61. The number of ether oxygens (including phenoxy) is 1. The molecular weight excluding hydrogens is 294 g/mol. The van der Waals surface area contributed by atoms with Crippen LogP contribution in [0.3, 0.4) is 0 Å². The van der Waals surface area contributed by atoms with Crippen molar-refractivity contribution in [2.45, 2.75) is 63.9 Å². The first-order valence-electron chi connectivity index (χ1n) is 7.27. The van der Waals surface area contributed by atoms with Crippen LogP contribution in [0.4, 0.5) is 0 Å². The van der Waals surface area contributed by atoms with Crippen LogP contribution in [0.15, 0.2) is 0 Å². The maximum absolute atomic E-state index is 11.6. The third-order valence-corrected chi connectivity index (χ3v) is 3.91. The predicted octanol–water partition coefficient (Wildman–Crippen LogP) is 3.41. The first-order chi connectivity index (χ1) is 8.83. The molecule has 0 aromatic carbocycles. The van der Waals surface area contributed by atoms with Crippen molar-refractivity contribution in [3.8, 4) is 0 Å². The first kappa shape index (κ1) is 16.0. The summed E-state index contributed by atoms with van der Waals surface area (Å²) in [6, 6.07) is 0. The molecule has 18 heavy (non-hydrogen) atoms. The van der Waals surface area contributed by atoms with Crippen LogP contribution < -0.4 is 5.32 Å². The van der Waals surface area contributed by atoms with Crippen molar-refractivity contribution < 1.29 is 9.53 Å². The lowest BCUT2D eigenvalue weighted by molar-refractivity contribution is -0.122. The van der Waals surface area contributed by atoms with Gasteiger partial charge in [-0.3, -0.25) is 4.79 Å². The minimum absolute atomic E-state index is 0.185. The van der Waals surface area contributed by atoms with Gasteiger partial charge in [-0.2, -0.15) is 0 Å². The van der Waals surface area contributed by atoms with Crippen molar-refractivity contribution in [3.63, 3.8) is 0 Å². The predicted molar refractivity (Wildman–Crippen MR) is 78.1 cm³/mol. The lowest BCUT2D eigenvalue weighted by Crippen LogP contribution is -2.27. The molecule has 0 aromatic rings. The molecule has 0 saturated carbocycles. The Hall–Kier alpha value is -0.0900. The maximum Gasteiger partial charge on any atom is 0.220 e. The molecule has 1 aliphatic heterocycles. The second-order valence-corrected chi connectivity index (χ2v) is 5.77. The fraction of sp³-hybridized carbons (Fsp3) is 0.929. The van der Waals surface area contributed by atoms with Crippen LogP contribution in [0.25, 0.3) is 0 Å². The summed E-state index contributed by atoms with van der Waals surface area (Å²) in [7, 11) is 0. The molecule has 1 saturated heterocycles. The van der Waals surface area contributed by atoms with Crippen molar-refractivity contribution in [2.75, 3.05) is 18.5 Å². The van der Waals surface area contributed by atoms with Crippen LogP contribution >= 0.6 is 15.9 Å². The van der Waals surface area contributed by atoms with Crippen LogP contribution in [-0.4, -0.2) is 30.5 Å². The number of alkyl halides is 1. The van der Waals surface area contributed by atoms with Crippen molar-refractivity contribution in [1.29, 1.82) is 0 Å². The Kier molecular flexibility index (Phi) is 9.58. The zero-order chi connectivity index (χ0) is 13.1. The molecule has 0 bridgehead atoms. The summed E-state index contributed by atoms with van der Waals surface area (Å²) in [5.41, 5.74) is 0. The number of carbonyl (C=O) groups excluding carboxylic acids is 1. The average molecular weight is 320 g/mol. The fourth-order valence-electron chi connectivity index (χ4n) is 2.22. The number of hydrogen-bond acceptors (Lipinski definition) is 2. The van der Waals surface area contributed by atoms with Gasteiger partial charge in [-0.1, -0.05) is 28.8 Å². The molecule has 0 radical (unpaired) electrons. The van der Waals surface area contributed by atoms with Gasteiger partial charge in [-0.15, -0.1) is 0 Å². The summed E-state index contributed by atoms with van der Waals surface area (Å²) in [5.74, 6) is 0.185. The van der Waals surface area contributed by atoms with Gasteiger partial charge in [0.25, 0.3) is 0 Å². The fourth-order valence-corrected chi connectivity index (χ4v) is 2.61. The highest BCUT2D eigenvalue weighted by molar-refractivity contribution is 9.09. The quantitative estimate of drug-likeness (QED) is 0.522. The summed E-state index contributed by atoms with van der Waals surface area (Å²) in [4.78, 5) is 11.6. The van der Waals surface area contributed by atoms with Crippen LogP contribution in [0.5, 0.6) is 0 Å². The van der Waals surface area contributed by atoms with Crippen LogP contribution in [-0.2, 0) is 9.53 Å². The Morgan fingerprint density at radius 2 is 2.06 bits per heavy atom. The van der Waals surface area contributed by atoms with Gasteiger partial charge in [-0.25, -0.2) is 0 Å². The molecule has 1 heterocycles. The van der Waals surface area contributed by atoms with Crippen molar-refractivity contribution in [2.24, 2.45) is 0 Å². The lowest BCUT2D eigenvalue weighted by atomic mass is 10.0. The van der Waals surface area contributed by atoms with Gasteiger partial charge >= 0.3 is 0 Å². The molecule has 1 aliphatic rings. The highest BCUT2D eigenvalue weighted by Crippen LogP contribution is 2.16. The number of unbranched alkanes of at least 4 members (excludes halogenated alkanes) is 3. The van der Waals surface area contributed by atoms with E-state index in [1.54, 1.807) is 0 Å². The number of amides is 1. The third-order valence-electron chi connectivity index (χ3n) is 3.35. The zero-order valence-electron chi connectivity index (χ0n) is 11.3. The first-order valence-corrected chi connectivity index (χ1v) is 8.39. The van der Waals surface area contributed by atoms with Gasteiger partial charge in [0, 0.05) is 24.9 Å². The van der Waals surface area contributed by atoms with Gasteiger partial charge in [0.15, 0.2) is 0 Å². The van der Waals surface area contributed by atoms with Crippen molar-refractivity contribution >= 4 is 21.8 Å². The molecule has 1 rings (SSSR count). The van der Waals surface area contributed by atoms with Crippen molar-refractivity contribution in [1.82, 2.24) is 5.32 Å². The molecule has 1 atom stereocenters. The molecule has 0 aliphatic carbocycles. The van der Waals surface area contributed by atoms with E-state index in [1.807, 2.05) is 0 Å². The van der Waals surface area contributed by atoms with E-state index in [-0.39, 0.29) is 5.91 Å². The van der Waals surface area contributed by atoms with Gasteiger partial charge in [0.05, 0.1) is 6.10 Å². The standard InChI is InChI=1S/C14H26BrNO2/c15-10-4-1-2-5-11-16-14(17)9-8-13-7-3-6-12-18-13/h13H,1-12H2,(H,16,17). The van der Waals surface area contributed by atoms with Gasteiger partial charge in [0.2, 0.25) is 5.91 Å². The van der Waals surface area contributed by atoms with E-state index in [0.29, 0.717) is 12.5 Å². The Bertz CT molecular complexity index is 218. The Balaban J connectivity index is 1.90. The molecule has 1 fully saturated rings. The normalized spacial score (nSPS) is 19.7. The Labute approximate surface area is 119 Å². The number of halogens is 1. The summed E-state index contributed by atoms with van der Waals surface area (Å²) in [6.07, 6.45) is 10.2. The second kappa shape index (κ2) is 10.8. The van der Waals surface area contributed by atoms with E-state index in [2.05, 4.69) is 21.2 Å². The summed E-state index contributed by atoms with van der Waals surface area (Å²) >= 11 is 3.42. The molecule has 1 N–H and O–H groups in total. The Morgan fingerprint density at radius 3 is 2.78 bits per heavy atom. The van der Waals surface area contributed by atoms with Crippen LogP contribution in [0, 0.1) is 0 Å². The van der Waals surface area contributed by atoms with Crippen molar-refractivity contribution in [3.05, 3.63) is 0 Å². The van der Waals surface area contributed by atoms with E-state index < -0.39 is 0 Å². The second-order valence-electron chi connectivity index (χ2n) is 4.98. The highest BCUT2D eigenvalue weighted by Gasteiger charge is 2.14. The highest BCUT2D eigenvalue weighted by atomic mass is 79.9. The summed E-state index contributed by atoms with van der Waals surface area (Å²) in [5, 5.41) is 4.08. The maximum atomic E-state index is 11.6. The average Bonchev–Trinajstić information content (AvgIpc) is 2.41. The van der Waals surface area contributed by atoms with E-state index in [1.165, 1.54) is 32.1 Å². The molecule has 0 spiro atoms. The molecule has 4 heteroatoms. The Morgan fingerprint density at radius 1 is 1.22 bits per heavy atom. The van der Waals surface area contributed by atoms with E-state index >= 15 is 0 Å². The van der Waals surface area contributed by atoms with E-state index in [0.717, 1.165) is 37.7 Å². The van der Waals surface area contributed by atoms with E-state index in [9.17, 15) is 4.79 Å². The molecule has 3 nitrogen and oxygen atoms in total. The monoisotopic (exact) mass is 319 g/mol. The molecule has 1 amide bonds. The van der Waals surface area contributed by atoms with Crippen LogP contribution in [0.2, 0.25) is 0 Å². The number of hydrogen-bond donors (Lipinski definition) is 1. The smallest absolute Gasteiger partial charge is 0.220 e. The lowest BCUT2D eigenvalue weighted by Gasteiger charge is -2.22. The minimum Gasteiger partial charge on any atom is -0.378 e. The third kappa shape index (κ3) is 8.09. The van der Waals surface area contributed by atoms with E-state index in [4.69, 9.17) is 4.74 Å². The molecular formula is C14H26BrNO2. The topological polar surface area (TPSA) is 38.3 Å². The SMILES string of the molecule is O=C(CCC1CCCCO1)NCCCCCCBr. The molecule has 106 valence electrons. The van der Waals surface area contributed by atoms with Gasteiger partial charge < -0.3 is 10.1 Å². The molecule has 1 unspecified atom stereocenters. The number of nitrogens with one attached hydrogen (secondary N) is 1. The summed E-state index contributed by atoms with van der Waals surface area (Å²) in [6.45, 7) is 1.70. The number of carbonyl (C=O) groups is 1. The zero-order valence-corrected chi connectivity index (χ0v) is 12.8. The van der Waals surface area contributed by atoms with Gasteiger partial charge in [0.1, 0.15) is 0 Å². The van der Waals surface area contributed by atoms with Crippen LogP contribution in [0.1, 0.15) is 57.8 Å². The number of rotatable bonds is 9. The molecule has 0 aromatic heterocycles. The minimum atomic E-state index is 0.185. The largest absolute Gasteiger partial charge is 0.378 e. The van der Waals surface area contributed by atoms with Gasteiger partial charge in [-0.05, 0) is 38.5 Å².